The summed E-state index contributed by atoms with van der Waals surface area (Å²) < 4.78 is 38.3. The highest BCUT2D eigenvalue weighted by Crippen LogP contribution is 2.31. The van der Waals surface area contributed by atoms with Gasteiger partial charge < -0.3 is 14.9 Å². The number of rotatable bonds is 3. The van der Waals surface area contributed by atoms with Gasteiger partial charge in [-0.1, -0.05) is 0 Å². The Morgan fingerprint density at radius 1 is 1.30 bits per heavy atom. The normalized spacial score (nSPS) is 25.1. The van der Waals surface area contributed by atoms with Gasteiger partial charge in [0.1, 0.15) is 16.4 Å². The molecule has 0 amide bonds. The number of hydrogen-bond acceptors (Lipinski definition) is 5. The first-order chi connectivity index (χ1) is 9.28. The van der Waals surface area contributed by atoms with Crippen molar-refractivity contribution in [3.05, 3.63) is 17.1 Å². The highest BCUT2D eigenvalue weighted by atomic mass is 32.2. The molecule has 2 unspecified atom stereocenters. The number of hydrogen-bond donors (Lipinski definition) is 1. The second kappa shape index (κ2) is 5.48. The molecule has 6 nitrogen and oxygen atoms in total. The van der Waals surface area contributed by atoms with E-state index >= 15 is 0 Å². The van der Waals surface area contributed by atoms with Gasteiger partial charge in [0.25, 0.3) is 0 Å². The van der Waals surface area contributed by atoms with Crippen molar-refractivity contribution in [2.45, 2.75) is 51.3 Å². The molecule has 0 bridgehead atoms. The van der Waals surface area contributed by atoms with E-state index in [9.17, 15) is 8.42 Å². The molecule has 1 aromatic rings. The first-order valence-corrected chi connectivity index (χ1v) is 8.15. The Bertz CT molecular complexity index is 594. The van der Waals surface area contributed by atoms with Crippen molar-refractivity contribution in [2.75, 3.05) is 13.2 Å². The summed E-state index contributed by atoms with van der Waals surface area (Å²) in [6.45, 7) is 7.99. The maximum Gasteiger partial charge on any atom is 0.247 e. The molecule has 0 radical (unpaired) electrons. The Labute approximate surface area is 119 Å². The van der Waals surface area contributed by atoms with Gasteiger partial charge in [0.15, 0.2) is 0 Å². The average Bonchev–Trinajstić information content (AvgIpc) is 2.66. The molecule has 0 spiro atoms. The molecule has 0 aromatic carbocycles. The second-order valence-electron chi connectivity index (χ2n) is 5.29. The monoisotopic (exact) mass is 302 g/mol. The zero-order valence-electron chi connectivity index (χ0n) is 12.3. The zero-order chi connectivity index (χ0) is 15.1. The van der Waals surface area contributed by atoms with Crippen LogP contribution in [0, 0.1) is 13.8 Å². The smallest absolute Gasteiger partial charge is 0.247 e. The minimum atomic E-state index is -3.62. The molecule has 0 aliphatic carbocycles. The fourth-order valence-electron chi connectivity index (χ4n) is 2.61. The van der Waals surface area contributed by atoms with Crippen LogP contribution in [0.5, 0.6) is 0 Å². The molecular formula is C13H22N2O4S. The third kappa shape index (κ3) is 2.50. The van der Waals surface area contributed by atoms with Crippen molar-refractivity contribution in [2.24, 2.45) is 5.73 Å². The summed E-state index contributed by atoms with van der Waals surface area (Å²) in [5, 5.41) is 0. The molecule has 114 valence electrons. The number of ether oxygens (including phenoxy) is 1. The van der Waals surface area contributed by atoms with E-state index in [-0.39, 0.29) is 23.6 Å². The van der Waals surface area contributed by atoms with Gasteiger partial charge in [0.2, 0.25) is 10.0 Å². The van der Waals surface area contributed by atoms with E-state index in [1.807, 2.05) is 13.8 Å². The Morgan fingerprint density at radius 2 is 1.95 bits per heavy atom. The van der Waals surface area contributed by atoms with Crippen LogP contribution in [0.15, 0.2) is 9.31 Å². The number of sulfonamides is 1. The van der Waals surface area contributed by atoms with Gasteiger partial charge in [-0.25, -0.2) is 8.42 Å². The molecule has 1 saturated heterocycles. The topological polar surface area (TPSA) is 85.8 Å². The van der Waals surface area contributed by atoms with Crippen LogP contribution >= 0.6 is 0 Å². The molecule has 7 heteroatoms. The lowest BCUT2D eigenvalue weighted by molar-refractivity contribution is -0.0171. The van der Waals surface area contributed by atoms with Gasteiger partial charge in [-0.3, -0.25) is 0 Å². The van der Waals surface area contributed by atoms with Crippen molar-refractivity contribution >= 4 is 10.0 Å². The van der Waals surface area contributed by atoms with E-state index in [0.29, 0.717) is 30.2 Å². The largest absolute Gasteiger partial charge is 0.465 e. The fourth-order valence-corrected chi connectivity index (χ4v) is 4.73. The quantitative estimate of drug-likeness (QED) is 0.905. The van der Waals surface area contributed by atoms with Crippen LogP contribution < -0.4 is 5.73 Å². The lowest BCUT2D eigenvalue weighted by atomic mass is 10.2. The fraction of sp³-hybridized carbons (Fsp3) is 0.692. The van der Waals surface area contributed by atoms with Crippen LogP contribution in [-0.2, 0) is 21.3 Å². The van der Waals surface area contributed by atoms with Gasteiger partial charge in [-0.2, -0.15) is 4.31 Å². The van der Waals surface area contributed by atoms with Crippen LogP contribution in [0.4, 0.5) is 0 Å². The van der Waals surface area contributed by atoms with E-state index in [1.165, 1.54) is 4.31 Å². The molecule has 1 aromatic heterocycles. The lowest BCUT2D eigenvalue weighted by Crippen LogP contribution is -2.50. The first kappa shape index (κ1) is 15.5. The predicted octanol–water partition coefficient (Wildman–Crippen LogP) is 1.15. The average molecular weight is 302 g/mol. The lowest BCUT2D eigenvalue weighted by Gasteiger charge is -2.35. The number of nitrogens with zero attached hydrogens (tertiary/aromatic N) is 1. The molecule has 2 heterocycles. The maximum atomic E-state index is 12.9. The molecule has 1 fully saturated rings. The number of nitrogens with two attached hydrogens (primary N) is 1. The summed E-state index contributed by atoms with van der Waals surface area (Å²) in [5.41, 5.74) is 6.25. The van der Waals surface area contributed by atoms with Crippen LogP contribution in [0.1, 0.15) is 30.9 Å². The zero-order valence-corrected chi connectivity index (χ0v) is 13.2. The number of aryl methyl sites for hydroxylation is 2. The molecule has 20 heavy (non-hydrogen) atoms. The minimum Gasteiger partial charge on any atom is -0.465 e. The molecule has 0 saturated carbocycles. The van der Waals surface area contributed by atoms with Crippen molar-refractivity contribution in [3.63, 3.8) is 0 Å². The van der Waals surface area contributed by atoms with Crippen LogP contribution in [0.25, 0.3) is 0 Å². The van der Waals surface area contributed by atoms with E-state index < -0.39 is 10.0 Å². The SMILES string of the molecule is Cc1oc(C)c(S(=O)(=O)N2CC(C)OCC2C)c1CN. The third-order valence-electron chi connectivity index (χ3n) is 3.65. The highest BCUT2D eigenvalue weighted by molar-refractivity contribution is 7.89. The van der Waals surface area contributed by atoms with E-state index in [2.05, 4.69) is 0 Å². The summed E-state index contributed by atoms with van der Waals surface area (Å²) in [4.78, 5) is 0.221. The molecule has 2 rings (SSSR count). The van der Waals surface area contributed by atoms with Crippen molar-refractivity contribution in [3.8, 4) is 0 Å². The van der Waals surface area contributed by atoms with Crippen LogP contribution in [0.3, 0.4) is 0 Å². The summed E-state index contributed by atoms with van der Waals surface area (Å²) in [7, 11) is -3.62. The van der Waals surface area contributed by atoms with Crippen molar-refractivity contribution < 1.29 is 17.6 Å². The predicted molar refractivity (Wildman–Crippen MR) is 74.8 cm³/mol. The Balaban J connectivity index is 2.50. The third-order valence-corrected chi connectivity index (χ3v) is 5.82. The second-order valence-corrected chi connectivity index (χ2v) is 7.12. The first-order valence-electron chi connectivity index (χ1n) is 6.71. The summed E-state index contributed by atoms with van der Waals surface area (Å²) >= 11 is 0. The van der Waals surface area contributed by atoms with Gasteiger partial charge in [-0.15, -0.1) is 0 Å². The molecule has 1 aliphatic heterocycles. The summed E-state index contributed by atoms with van der Waals surface area (Å²) in [6.07, 6.45) is -0.115. The Kier molecular flexibility index (Phi) is 4.24. The van der Waals surface area contributed by atoms with Crippen molar-refractivity contribution in [1.29, 1.82) is 0 Å². The van der Waals surface area contributed by atoms with Gasteiger partial charge >= 0.3 is 0 Å². The number of morpholine rings is 1. The Hall–Kier alpha value is -0.890. The minimum absolute atomic E-state index is 0.115. The standard InChI is InChI=1S/C13H22N2O4S/c1-8-7-18-9(2)6-15(8)20(16,17)13-11(4)19-10(3)12(13)5-14/h8-9H,5-7,14H2,1-4H3. The van der Waals surface area contributed by atoms with Gasteiger partial charge in [0, 0.05) is 24.7 Å². The van der Waals surface area contributed by atoms with E-state index in [4.69, 9.17) is 14.9 Å². The van der Waals surface area contributed by atoms with Crippen LogP contribution in [-0.4, -0.2) is 38.0 Å². The van der Waals surface area contributed by atoms with E-state index in [1.54, 1.807) is 13.8 Å². The highest BCUT2D eigenvalue weighted by Gasteiger charge is 2.37. The molecule has 2 N–H and O–H groups in total. The van der Waals surface area contributed by atoms with Gasteiger partial charge in [-0.05, 0) is 27.7 Å². The van der Waals surface area contributed by atoms with E-state index in [0.717, 1.165) is 0 Å². The number of furan rings is 1. The maximum absolute atomic E-state index is 12.9. The summed E-state index contributed by atoms with van der Waals surface area (Å²) in [5.74, 6) is 0.965. The van der Waals surface area contributed by atoms with Crippen LogP contribution in [0.2, 0.25) is 0 Å². The Morgan fingerprint density at radius 3 is 2.55 bits per heavy atom. The van der Waals surface area contributed by atoms with Gasteiger partial charge in [0.05, 0.1) is 12.7 Å². The summed E-state index contributed by atoms with van der Waals surface area (Å²) in [6, 6.07) is -0.198. The molecular weight excluding hydrogens is 280 g/mol. The van der Waals surface area contributed by atoms with Crippen molar-refractivity contribution in [1.82, 2.24) is 4.31 Å². The molecule has 1 aliphatic rings. The molecule has 2 atom stereocenters.